The van der Waals surface area contributed by atoms with Crippen molar-refractivity contribution in [3.63, 3.8) is 0 Å². The minimum atomic E-state index is 1.27. The Labute approximate surface area is 79.6 Å². The van der Waals surface area contributed by atoms with Crippen LogP contribution in [0.5, 0.6) is 0 Å². The highest BCUT2D eigenvalue weighted by Gasteiger charge is 1.99. The molecule has 0 bridgehead atoms. The molecule has 1 heteroatoms. The van der Waals surface area contributed by atoms with Gasteiger partial charge in [-0.15, -0.1) is 0 Å². The monoisotopic (exact) mass is 174 g/mol. The van der Waals surface area contributed by atoms with Crippen molar-refractivity contribution in [1.29, 1.82) is 0 Å². The number of pyridine rings is 1. The van der Waals surface area contributed by atoms with E-state index in [4.69, 9.17) is 0 Å². The van der Waals surface area contributed by atoms with Crippen molar-refractivity contribution in [1.82, 2.24) is 0 Å². The zero-order valence-corrected chi connectivity index (χ0v) is 8.49. The SMILES string of the molecule is CC.C[n+]1cccc2ccccc21. The molecule has 0 aliphatic heterocycles. The number of nitrogens with zero attached hydrogens (tertiary/aromatic N) is 1. The molecule has 0 aliphatic rings. The van der Waals surface area contributed by atoms with Crippen LogP contribution < -0.4 is 4.57 Å². The van der Waals surface area contributed by atoms with Crippen LogP contribution in [0.2, 0.25) is 0 Å². The predicted octanol–water partition coefficient (Wildman–Crippen LogP) is 2.69. The Morgan fingerprint density at radius 1 is 0.923 bits per heavy atom. The largest absolute Gasteiger partial charge is 0.212 e. The second-order valence-electron chi connectivity index (χ2n) is 2.68. The highest BCUT2D eigenvalue weighted by molar-refractivity contribution is 5.74. The Hall–Kier alpha value is -1.37. The van der Waals surface area contributed by atoms with E-state index in [9.17, 15) is 0 Å². The first kappa shape index (κ1) is 9.72. The summed E-state index contributed by atoms with van der Waals surface area (Å²) in [6, 6.07) is 12.5. The number of aromatic nitrogens is 1. The van der Waals surface area contributed by atoms with E-state index in [1.165, 1.54) is 10.9 Å². The Bertz CT molecular complexity index is 374. The third-order valence-electron chi connectivity index (χ3n) is 1.90. The van der Waals surface area contributed by atoms with Crippen LogP contribution in [0.3, 0.4) is 0 Å². The Balaban J connectivity index is 0.000000396. The van der Waals surface area contributed by atoms with E-state index >= 15 is 0 Å². The van der Waals surface area contributed by atoms with Crippen LogP contribution in [-0.4, -0.2) is 0 Å². The smallest absolute Gasteiger partial charge is 0.201 e. The lowest BCUT2D eigenvalue weighted by atomic mass is 10.2. The van der Waals surface area contributed by atoms with Crippen LogP contribution in [0, 0.1) is 0 Å². The summed E-state index contributed by atoms with van der Waals surface area (Å²) < 4.78 is 2.12. The fourth-order valence-corrected chi connectivity index (χ4v) is 1.31. The molecule has 1 aromatic heterocycles. The standard InChI is InChI=1S/C10H10N.C2H6/c1-11-8-4-6-9-5-2-3-7-10(9)11;1-2/h2-8H,1H3;1-2H3/q+1;. The molecule has 1 nitrogen and oxygen atoms in total. The summed E-state index contributed by atoms with van der Waals surface area (Å²) in [4.78, 5) is 0. The Kier molecular flexibility index (Phi) is 3.44. The van der Waals surface area contributed by atoms with Gasteiger partial charge in [0.1, 0.15) is 7.05 Å². The zero-order valence-electron chi connectivity index (χ0n) is 8.49. The van der Waals surface area contributed by atoms with E-state index in [1.54, 1.807) is 0 Å². The molecule has 68 valence electrons. The van der Waals surface area contributed by atoms with Crippen molar-refractivity contribution >= 4 is 10.9 Å². The molecule has 1 heterocycles. The van der Waals surface area contributed by atoms with Crippen molar-refractivity contribution in [2.75, 3.05) is 0 Å². The van der Waals surface area contributed by atoms with Gasteiger partial charge in [-0.05, 0) is 12.1 Å². The van der Waals surface area contributed by atoms with Gasteiger partial charge in [-0.1, -0.05) is 26.0 Å². The lowest BCUT2D eigenvalue weighted by Crippen LogP contribution is -2.27. The van der Waals surface area contributed by atoms with Crippen LogP contribution in [0.15, 0.2) is 42.6 Å². The molecule has 0 fully saturated rings. The van der Waals surface area contributed by atoms with Gasteiger partial charge in [-0.2, -0.15) is 0 Å². The molecule has 0 aliphatic carbocycles. The summed E-state index contributed by atoms with van der Waals surface area (Å²) in [5, 5.41) is 1.29. The van der Waals surface area contributed by atoms with Crippen molar-refractivity contribution in [3.05, 3.63) is 42.6 Å². The molecular weight excluding hydrogens is 158 g/mol. The Morgan fingerprint density at radius 3 is 2.23 bits per heavy atom. The van der Waals surface area contributed by atoms with E-state index in [1.807, 2.05) is 13.8 Å². The first-order valence-electron chi connectivity index (χ1n) is 4.71. The Morgan fingerprint density at radius 2 is 1.54 bits per heavy atom. The van der Waals surface area contributed by atoms with Gasteiger partial charge >= 0.3 is 0 Å². The maximum Gasteiger partial charge on any atom is 0.212 e. The summed E-state index contributed by atoms with van der Waals surface area (Å²) in [5.74, 6) is 0. The number of aryl methyl sites for hydroxylation is 1. The zero-order chi connectivity index (χ0) is 9.68. The third kappa shape index (κ3) is 2.05. The molecule has 0 amide bonds. The second kappa shape index (κ2) is 4.61. The van der Waals surface area contributed by atoms with Gasteiger partial charge in [-0.3, -0.25) is 0 Å². The van der Waals surface area contributed by atoms with Gasteiger partial charge < -0.3 is 0 Å². The van der Waals surface area contributed by atoms with Crippen LogP contribution in [0.4, 0.5) is 0 Å². The van der Waals surface area contributed by atoms with Crippen molar-refractivity contribution in [2.24, 2.45) is 7.05 Å². The number of hydrogen-bond acceptors (Lipinski definition) is 0. The van der Waals surface area contributed by atoms with E-state index in [-0.39, 0.29) is 0 Å². The summed E-state index contributed by atoms with van der Waals surface area (Å²) in [6.07, 6.45) is 2.06. The van der Waals surface area contributed by atoms with Crippen molar-refractivity contribution < 1.29 is 4.57 Å². The molecule has 13 heavy (non-hydrogen) atoms. The molecule has 0 saturated heterocycles. The average Bonchev–Trinajstić information content (AvgIpc) is 2.22. The van der Waals surface area contributed by atoms with Crippen LogP contribution in [-0.2, 0) is 7.05 Å². The highest BCUT2D eigenvalue weighted by atomic mass is 14.9. The van der Waals surface area contributed by atoms with Gasteiger partial charge in [0, 0.05) is 17.5 Å². The minimum Gasteiger partial charge on any atom is -0.201 e. The molecule has 2 aromatic rings. The fourth-order valence-electron chi connectivity index (χ4n) is 1.31. The van der Waals surface area contributed by atoms with Gasteiger partial charge in [0.25, 0.3) is 0 Å². The van der Waals surface area contributed by atoms with Crippen LogP contribution in [0.25, 0.3) is 10.9 Å². The molecular formula is C12H16N+. The maximum atomic E-state index is 2.12. The molecule has 0 spiro atoms. The van der Waals surface area contributed by atoms with Gasteiger partial charge in [0.05, 0.1) is 0 Å². The van der Waals surface area contributed by atoms with Crippen molar-refractivity contribution in [2.45, 2.75) is 13.8 Å². The first-order valence-corrected chi connectivity index (χ1v) is 4.71. The predicted molar refractivity (Wildman–Crippen MR) is 56.5 cm³/mol. The number of benzene rings is 1. The highest BCUT2D eigenvalue weighted by Crippen LogP contribution is 2.06. The molecule has 0 N–H and O–H groups in total. The molecule has 0 saturated carbocycles. The van der Waals surface area contributed by atoms with E-state index in [2.05, 4.69) is 54.2 Å². The van der Waals surface area contributed by atoms with Crippen LogP contribution in [0.1, 0.15) is 13.8 Å². The van der Waals surface area contributed by atoms with Gasteiger partial charge in [0.2, 0.25) is 5.52 Å². The van der Waals surface area contributed by atoms with E-state index in [0.29, 0.717) is 0 Å². The van der Waals surface area contributed by atoms with E-state index in [0.717, 1.165) is 0 Å². The number of para-hydroxylation sites is 1. The molecule has 0 unspecified atom stereocenters. The van der Waals surface area contributed by atoms with Gasteiger partial charge in [0.15, 0.2) is 6.20 Å². The maximum absolute atomic E-state index is 2.12. The summed E-state index contributed by atoms with van der Waals surface area (Å²) in [6.45, 7) is 4.00. The van der Waals surface area contributed by atoms with Crippen LogP contribution >= 0.6 is 0 Å². The first-order chi connectivity index (χ1) is 6.38. The summed E-state index contributed by atoms with van der Waals surface area (Å²) >= 11 is 0. The van der Waals surface area contributed by atoms with E-state index < -0.39 is 0 Å². The minimum absolute atomic E-state index is 1.27. The average molecular weight is 174 g/mol. The molecule has 2 rings (SSSR count). The normalized spacial score (nSPS) is 9.15. The van der Waals surface area contributed by atoms with Crippen molar-refractivity contribution in [3.8, 4) is 0 Å². The second-order valence-corrected chi connectivity index (χ2v) is 2.68. The quantitative estimate of drug-likeness (QED) is 0.541. The molecule has 0 atom stereocenters. The summed E-state index contributed by atoms with van der Waals surface area (Å²) in [5.41, 5.74) is 1.27. The van der Waals surface area contributed by atoms with Gasteiger partial charge in [-0.25, -0.2) is 4.57 Å². The topological polar surface area (TPSA) is 3.88 Å². The number of fused-ring (bicyclic) bond motifs is 1. The molecule has 1 aromatic carbocycles. The lowest BCUT2D eigenvalue weighted by Gasteiger charge is -1.93. The third-order valence-corrected chi connectivity index (χ3v) is 1.90. The summed E-state index contributed by atoms with van der Waals surface area (Å²) in [7, 11) is 2.06. The number of hydrogen-bond donors (Lipinski definition) is 0. The molecule has 0 radical (unpaired) electrons. The lowest BCUT2D eigenvalue weighted by molar-refractivity contribution is -0.644. The number of rotatable bonds is 0. The fraction of sp³-hybridized carbons (Fsp3) is 0.250.